The number of aromatic nitrogens is 2. The van der Waals surface area contributed by atoms with Crippen LogP contribution in [0.4, 0.5) is 5.82 Å². The van der Waals surface area contributed by atoms with Crippen LogP contribution in [-0.4, -0.2) is 22.8 Å². The molecule has 1 heterocycles. The Labute approximate surface area is 160 Å². The summed E-state index contributed by atoms with van der Waals surface area (Å²) in [6.45, 7) is 7.02. The molecule has 0 spiro atoms. The van der Waals surface area contributed by atoms with E-state index >= 15 is 0 Å². The minimum atomic E-state index is -0.146. The second-order valence-electron chi connectivity index (χ2n) is 7.50. The van der Waals surface area contributed by atoms with Crippen LogP contribution in [0, 0.1) is 0 Å². The van der Waals surface area contributed by atoms with Gasteiger partial charge in [0.05, 0.1) is 19.9 Å². The fourth-order valence-electron chi connectivity index (χ4n) is 2.78. The fourth-order valence-corrected chi connectivity index (χ4v) is 2.78. The summed E-state index contributed by atoms with van der Waals surface area (Å²) in [5.74, 6) is 1.33. The monoisotopic (exact) mass is 363 g/mol. The molecule has 0 atom stereocenters. The van der Waals surface area contributed by atoms with Crippen LogP contribution >= 0.6 is 0 Å². The average Bonchev–Trinajstić information content (AvgIpc) is 3.08. The van der Waals surface area contributed by atoms with E-state index in [0.29, 0.717) is 17.9 Å². The summed E-state index contributed by atoms with van der Waals surface area (Å²) < 4.78 is 6.95. The Kier molecular flexibility index (Phi) is 5.31. The predicted molar refractivity (Wildman–Crippen MR) is 107 cm³/mol. The standard InChI is InChI=1S/C22H25N3O2/c1-22(2,3)18-9-7-17(8-10-18)21(26)24-20-13-14-23-25(20)15-16-5-11-19(27-4)12-6-16/h5-14H,15H2,1-4H3,(H,24,26). The van der Waals surface area contributed by atoms with Crippen LogP contribution in [0.3, 0.4) is 0 Å². The number of anilines is 1. The summed E-state index contributed by atoms with van der Waals surface area (Å²) in [7, 11) is 1.64. The Morgan fingerprint density at radius 3 is 2.30 bits per heavy atom. The van der Waals surface area contributed by atoms with Gasteiger partial charge in [0.2, 0.25) is 0 Å². The van der Waals surface area contributed by atoms with Crippen molar-refractivity contribution in [3.05, 3.63) is 77.5 Å². The van der Waals surface area contributed by atoms with Gasteiger partial charge in [0.1, 0.15) is 11.6 Å². The summed E-state index contributed by atoms with van der Waals surface area (Å²) in [6.07, 6.45) is 1.68. The van der Waals surface area contributed by atoms with Gasteiger partial charge in [0.15, 0.2) is 0 Å². The molecule has 27 heavy (non-hydrogen) atoms. The van der Waals surface area contributed by atoms with Crippen LogP contribution in [0.5, 0.6) is 5.75 Å². The van der Waals surface area contributed by atoms with Gasteiger partial charge in [-0.2, -0.15) is 5.10 Å². The zero-order valence-electron chi connectivity index (χ0n) is 16.2. The highest BCUT2D eigenvalue weighted by Gasteiger charge is 2.15. The molecule has 0 aliphatic carbocycles. The van der Waals surface area contributed by atoms with E-state index in [0.717, 1.165) is 11.3 Å². The van der Waals surface area contributed by atoms with E-state index in [1.165, 1.54) is 5.56 Å². The van der Waals surface area contributed by atoms with Crippen LogP contribution in [0.2, 0.25) is 0 Å². The lowest BCUT2D eigenvalue weighted by molar-refractivity contribution is 0.102. The summed E-state index contributed by atoms with van der Waals surface area (Å²) in [5, 5.41) is 7.26. The first-order valence-electron chi connectivity index (χ1n) is 8.93. The molecule has 3 aromatic rings. The smallest absolute Gasteiger partial charge is 0.256 e. The van der Waals surface area contributed by atoms with Gasteiger partial charge in [0, 0.05) is 11.6 Å². The Morgan fingerprint density at radius 1 is 1.04 bits per heavy atom. The van der Waals surface area contributed by atoms with Gasteiger partial charge in [-0.3, -0.25) is 4.79 Å². The van der Waals surface area contributed by atoms with Gasteiger partial charge in [-0.15, -0.1) is 0 Å². The van der Waals surface area contributed by atoms with E-state index in [2.05, 4.69) is 31.2 Å². The maximum absolute atomic E-state index is 12.6. The molecular formula is C22H25N3O2. The van der Waals surface area contributed by atoms with Crippen molar-refractivity contribution < 1.29 is 9.53 Å². The van der Waals surface area contributed by atoms with Crippen molar-refractivity contribution in [2.75, 3.05) is 12.4 Å². The minimum absolute atomic E-state index is 0.0615. The zero-order valence-corrected chi connectivity index (χ0v) is 16.2. The SMILES string of the molecule is COc1ccc(Cn2nccc2NC(=O)c2ccc(C(C)(C)C)cc2)cc1. The number of benzene rings is 2. The van der Waals surface area contributed by atoms with E-state index < -0.39 is 0 Å². The number of nitrogens with one attached hydrogen (secondary N) is 1. The molecule has 140 valence electrons. The number of methoxy groups -OCH3 is 1. The molecule has 5 nitrogen and oxygen atoms in total. The Morgan fingerprint density at radius 2 is 1.70 bits per heavy atom. The molecule has 3 rings (SSSR count). The second kappa shape index (κ2) is 7.66. The number of nitrogens with zero attached hydrogens (tertiary/aromatic N) is 2. The molecular weight excluding hydrogens is 338 g/mol. The number of carbonyl (C=O) groups is 1. The summed E-state index contributed by atoms with van der Waals surface area (Å²) >= 11 is 0. The van der Waals surface area contributed by atoms with Crippen molar-refractivity contribution in [3.8, 4) is 5.75 Å². The summed E-state index contributed by atoms with van der Waals surface area (Å²) in [4.78, 5) is 12.6. The molecule has 0 fully saturated rings. The highest BCUT2D eigenvalue weighted by atomic mass is 16.5. The van der Waals surface area contributed by atoms with Crippen molar-refractivity contribution in [2.24, 2.45) is 0 Å². The Hall–Kier alpha value is -3.08. The van der Waals surface area contributed by atoms with Crippen molar-refractivity contribution >= 4 is 11.7 Å². The molecule has 0 aliphatic heterocycles. The van der Waals surface area contributed by atoms with Gasteiger partial charge in [0.25, 0.3) is 5.91 Å². The molecule has 2 aromatic carbocycles. The Balaban J connectivity index is 1.71. The van der Waals surface area contributed by atoms with Crippen molar-refractivity contribution in [2.45, 2.75) is 32.7 Å². The third-order valence-electron chi connectivity index (χ3n) is 4.46. The molecule has 0 saturated heterocycles. The number of rotatable bonds is 5. The summed E-state index contributed by atoms with van der Waals surface area (Å²) in [6, 6.07) is 17.3. The van der Waals surface area contributed by atoms with E-state index in [-0.39, 0.29) is 11.3 Å². The quantitative estimate of drug-likeness (QED) is 0.727. The lowest BCUT2D eigenvalue weighted by Gasteiger charge is -2.19. The topological polar surface area (TPSA) is 56.1 Å². The molecule has 1 N–H and O–H groups in total. The van der Waals surface area contributed by atoms with Gasteiger partial charge in [-0.05, 0) is 40.8 Å². The second-order valence-corrected chi connectivity index (χ2v) is 7.50. The first-order chi connectivity index (χ1) is 12.9. The number of hydrogen-bond acceptors (Lipinski definition) is 3. The minimum Gasteiger partial charge on any atom is -0.497 e. The number of ether oxygens (including phenoxy) is 1. The molecule has 5 heteroatoms. The molecule has 0 radical (unpaired) electrons. The van der Waals surface area contributed by atoms with Gasteiger partial charge in [-0.1, -0.05) is 45.0 Å². The molecule has 0 bridgehead atoms. The third-order valence-corrected chi connectivity index (χ3v) is 4.46. The molecule has 0 aliphatic rings. The van der Waals surface area contributed by atoms with E-state index in [1.54, 1.807) is 24.1 Å². The number of carbonyl (C=O) groups excluding carboxylic acids is 1. The first kappa shape index (κ1) is 18.7. The van der Waals surface area contributed by atoms with Crippen LogP contribution in [-0.2, 0) is 12.0 Å². The maximum atomic E-state index is 12.6. The van der Waals surface area contributed by atoms with Crippen molar-refractivity contribution in [3.63, 3.8) is 0 Å². The zero-order chi connectivity index (χ0) is 19.4. The average molecular weight is 363 g/mol. The third kappa shape index (κ3) is 4.56. The van der Waals surface area contributed by atoms with Crippen molar-refractivity contribution in [1.29, 1.82) is 0 Å². The molecule has 0 saturated carbocycles. The highest BCUT2D eigenvalue weighted by Crippen LogP contribution is 2.22. The van der Waals surface area contributed by atoms with Gasteiger partial charge in [-0.25, -0.2) is 4.68 Å². The lowest BCUT2D eigenvalue weighted by atomic mass is 9.87. The summed E-state index contributed by atoms with van der Waals surface area (Å²) in [5.41, 5.74) is 2.96. The van der Waals surface area contributed by atoms with Crippen molar-refractivity contribution in [1.82, 2.24) is 9.78 Å². The number of amides is 1. The van der Waals surface area contributed by atoms with Gasteiger partial charge < -0.3 is 10.1 Å². The predicted octanol–water partition coefficient (Wildman–Crippen LogP) is 4.49. The van der Waals surface area contributed by atoms with Crippen LogP contribution in [0.15, 0.2) is 60.8 Å². The maximum Gasteiger partial charge on any atom is 0.256 e. The lowest BCUT2D eigenvalue weighted by Crippen LogP contribution is -2.17. The van der Waals surface area contributed by atoms with E-state index in [4.69, 9.17) is 4.74 Å². The molecule has 0 unspecified atom stereocenters. The first-order valence-corrected chi connectivity index (χ1v) is 8.93. The Bertz CT molecular complexity index is 904. The molecule has 1 amide bonds. The van der Waals surface area contributed by atoms with Crippen LogP contribution in [0.1, 0.15) is 42.3 Å². The van der Waals surface area contributed by atoms with E-state index in [9.17, 15) is 4.79 Å². The molecule has 1 aromatic heterocycles. The fraction of sp³-hybridized carbons (Fsp3) is 0.273. The van der Waals surface area contributed by atoms with Crippen LogP contribution < -0.4 is 10.1 Å². The van der Waals surface area contributed by atoms with E-state index in [1.807, 2.05) is 48.5 Å². The normalized spacial score (nSPS) is 11.3. The highest BCUT2D eigenvalue weighted by molar-refractivity contribution is 6.03. The number of hydrogen-bond donors (Lipinski definition) is 1. The van der Waals surface area contributed by atoms with Crippen LogP contribution in [0.25, 0.3) is 0 Å². The van der Waals surface area contributed by atoms with Gasteiger partial charge >= 0.3 is 0 Å². The largest absolute Gasteiger partial charge is 0.497 e.